The summed E-state index contributed by atoms with van der Waals surface area (Å²) in [6.45, 7) is 12.2. The molecule has 0 aliphatic heterocycles. The number of hydrogen-bond acceptors (Lipinski definition) is 23. The van der Waals surface area contributed by atoms with Crippen molar-refractivity contribution in [3.8, 4) is 51.8 Å². The maximum Gasteiger partial charge on any atom is 0.326 e. The van der Waals surface area contributed by atoms with Crippen LogP contribution in [0.5, 0.6) is 5.75 Å². The highest BCUT2D eigenvalue weighted by Gasteiger charge is 2.18. The molecule has 0 aliphatic rings. The van der Waals surface area contributed by atoms with Crippen LogP contribution in [0.25, 0.3) is 57.0 Å². The molecule has 13 rings (SSSR count). The number of nitro groups is 1. The number of nitrogens with one attached hydrogen (secondary N) is 8. The lowest BCUT2D eigenvalue weighted by Gasteiger charge is -2.11. The van der Waals surface area contributed by atoms with E-state index in [1.165, 1.54) is 24.3 Å². The summed E-state index contributed by atoms with van der Waals surface area (Å²) in [5.41, 5.74) is 7.58. The topological polar surface area (TPSA) is 428 Å². The molecule has 528 valence electrons. The van der Waals surface area contributed by atoms with Crippen molar-refractivity contribution in [3.05, 3.63) is 239 Å². The molecule has 0 bridgehead atoms. The van der Waals surface area contributed by atoms with Crippen LogP contribution in [-0.2, 0) is 7.05 Å². The van der Waals surface area contributed by atoms with Gasteiger partial charge < -0.3 is 30.6 Å². The summed E-state index contributed by atoms with van der Waals surface area (Å²) in [5.74, 6) is 4.04. The van der Waals surface area contributed by atoms with Gasteiger partial charge in [-0.1, -0.05) is 42.5 Å². The number of non-ortho nitro benzene ring substituents is 1. The quantitative estimate of drug-likeness (QED) is 0.0370. The predicted octanol–water partition coefficient (Wildman–Crippen LogP) is 13.0. The highest BCUT2D eigenvalue weighted by atomic mass is 19.1. The Morgan fingerprint density at radius 3 is 1.17 bits per heavy atom. The number of aromatic nitrogens is 17. The van der Waals surface area contributed by atoms with Crippen LogP contribution in [0.3, 0.4) is 0 Å². The van der Waals surface area contributed by atoms with Crippen LogP contribution < -0.4 is 47.3 Å². The molecular weight excluding hydrogens is 1350 g/mol. The van der Waals surface area contributed by atoms with Crippen molar-refractivity contribution in [2.45, 2.75) is 48.5 Å². The number of amides is 8. The number of rotatable bonds is 14. The second-order valence-electron chi connectivity index (χ2n) is 22.4. The highest BCUT2D eigenvalue weighted by molar-refractivity contribution is 6.05. The van der Waals surface area contributed by atoms with Gasteiger partial charge in [0.25, 0.3) is 5.69 Å². The lowest BCUT2D eigenvalue weighted by atomic mass is 10.2. The number of ether oxygens (including phenoxy) is 1. The largest absolute Gasteiger partial charge is 0.497 e. The lowest BCUT2D eigenvalue weighted by molar-refractivity contribution is -0.384. The molecule has 0 aliphatic carbocycles. The van der Waals surface area contributed by atoms with Gasteiger partial charge in [-0.15, -0.1) is 0 Å². The molecule has 8 amide bonds. The maximum absolute atomic E-state index is 13.3. The van der Waals surface area contributed by atoms with Gasteiger partial charge in [0.1, 0.15) is 57.6 Å². The average Bonchev–Trinajstić information content (AvgIpc) is 1.75. The summed E-state index contributed by atoms with van der Waals surface area (Å²) in [5, 5.41) is 32.9. The van der Waals surface area contributed by atoms with Gasteiger partial charge >= 0.3 is 24.1 Å². The maximum atomic E-state index is 13.3. The Bertz CT molecular complexity index is 5280. The fourth-order valence-corrected chi connectivity index (χ4v) is 9.51. The zero-order valence-corrected chi connectivity index (χ0v) is 57.6. The van der Waals surface area contributed by atoms with Gasteiger partial charge in [-0.3, -0.25) is 51.3 Å². The molecule has 34 heteroatoms. The number of urea groups is 4. The van der Waals surface area contributed by atoms with E-state index >= 15 is 0 Å². The van der Waals surface area contributed by atoms with E-state index in [1.807, 2.05) is 79.3 Å². The van der Waals surface area contributed by atoms with E-state index in [2.05, 4.69) is 122 Å². The molecule has 0 unspecified atom stereocenters. The number of anilines is 8. The number of nitrogens with zero attached hydrogens (tertiary/aromatic N) is 18. The zero-order chi connectivity index (χ0) is 74.5. The first-order valence-electron chi connectivity index (χ1n) is 31.7. The number of pyridine rings is 4. The first kappa shape index (κ1) is 73.0. The Kier molecular flexibility index (Phi) is 23.9. The molecule has 0 radical (unpaired) electrons. The number of aryl methyl sites for hydroxylation is 8. The molecule has 33 nitrogen and oxygen atoms in total. The standard InChI is InChI=1S/C19H17N7O.C18H18N6O2.C17H15FN6O.C17H15N7O3/c1-12-21-17(15-6-3-4-10-20-15)24-18(22-12)25-19(27)23-14-7-5-8-16-13(14)9-11-26(16)2;1-11-10-13(26-3)7-8-14(11)22-18(25)24-17-21-12(2)20-16(23-17)15-6-4-5-9-19-15;1-10-6-7-12(18)9-14(10)22-17(25)24-16-21-11(2)20-15(23-16)13-5-3-4-8-19-13;1-10-6-7-12(24(26)27)9-14(10)21-17(25)23-16-20-11(2)19-15(22-16)13-5-3-4-8-18-13/h3-11H,1-2H3,(H2,21,22,23,24,25,27);4-10H,1-3H3,(H2,20,21,22,23,24,25);3-9H,1-2H3,(H2,20,21,22,23,24,25);3-9H,1-2H3,(H2,19,20,21,22,23,25). The number of carbonyl (C=O) groups is 4. The van der Waals surface area contributed by atoms with E-state index in [9.17, 15) is 33.7 Å². The zero-order valence-electron chi connectivity index (χ0n) is 57.6. The molecule has 4 aromatic carbocycles. The van der Waals surface area contributed by atoms with E-state index in [-0.39, 0.29) is 29.5 Å². The molecule has 0 fully saturated rings. The smallest absolute Gasteiger partial charge is 0.326 e. The lowest BCUT2D eigenvalue weighted by Crippen LogP contribution is -2.22. The Balaban J connectivity index is 0.000000150. The van der Waals surface area contributed by atoms with Gasteiger partial charge in [0.05, 0.1) is 23.4 Å². The first-order chi connectivity index (χ1) is 50.6. The minimum Gasteiger partial charge on any atom is -0.497 e. The van der Waals surface area contributed by atoms with Crippen LogP contribution in [0.2, 0.25) is 0 Å². The second-order valence-corrected chi connectivity index (χ2v) is 22.4. The van der Waals surface area contributed by atoms with Crippen molar-refractivity contribution in [2.75, 3.05) is 49.6 Å². The van der Waals surface area contributed by atoms with Gasteiger partial charge in [0.15, 0.2) is 23.3 Å². The molecule has 8 N–H and O–H groups in total. The SMILES string of the molecule is COc1ccc(NC(=O)Nc2nc(C)nc(-c3ccccn3)n2)c(C)c1.Cc1nc(NC(=O)Nc2cc(F)ccc2C)nc(-c2ccccn2)n1.Cc1nc(NC(=O)Nc2cc([N+](=O)[O-])ccc2C)nc(-c2ccccn2)n1.Cc1nc(NC(=O)Nc2cccc3c2ccn3C)nc(-c2ccccn2)n1. The van der Waals surface area contributed by atoms with Crippen molar-refractivity contribution in [1.29, 1.82) is 0 Å². The molecule has 9 aromatic heterocycles. The molecule has 0 spiro atoms. The minimum absolute atomic E-state index is 0.0451. The Morgan fingerprint density at radius 2 is 0.790 bits per heavy atom. The predicted molar refractivity (Wildman–Crippen MR) is 391 cm³/mol. The molecule has 13 aromatic rings. The summed E-state index contributed by atoms with van der Waals surface area (Å²) in [7, 11) is 3.55. The molecule has 0 saturated heterocycles. The number of benzene rings is 4. The van der Waals surface area contributed by atoms with Gasteiger partial charge in [-0.05, 0) is 162 Å². The summed E-state index contributed by atoms with van der Waals surface area (Å²) in [6.07, 6.45) is 8.50. The number of methoxy groups -OCH3 is 1. The summed E-state index contributed by atoms with van der Waals surface area (Å²) in [4.78, 5) is 127. The fraction of sp³-hybridized carbons (Fsp3) is 0.127. The van der Waals surface area contributed by atoms with Crippen LogP contribution in [-0.4, -0.2) is 120 Å². The molecular formula is C71H65FN26O7. The van der Waals surface area contributed by atoms with E-state index in [0.29, 0.717) is 97.7 Å². The number of carbonyl (C=O) groups excluding carboxylic acids is 4. The van der Waals surface area contributed by atoms with Crippen molar-refractivity contribution >= 4 is 87.3 Å². The van der Waals surface area contributed by atoms with Gasteiger partial charge in [0, 0.05) is 72.4 Å². The highest BCUT2D eigenvalue weighted by Crippen LogP contribution is 2.27. The van der Waals surface area contributed by atoms with Crippen LogP contribution in [0, 0.1) is 64.4 Å². The second kappa shape index (κ2) is 34.4. The van der Waals surface area contributed by atoms with Crippen molar-refractivity contribution in [2.24, 2.45) is 7.05 Å². The van der Waals surface area contributed by atoms with Crippen LogP contribution >= 0.6 is 0 Å². The molecule has 9 heterocycles. The third-order valence-corrected chi connectivity index (χ3v) is 14.5. The van der Waals surface area contributed by atoms with Gasteiger partial charge in [-0.25, -0.2) is 43.5 Å². The van der Waals surface area contributed by atoms with Crippen molar-refractivity contribution in [3.63, 3.8) is 0 Å². The number of halogens is 1. The number of fused-ring (bicyclic) bond motifs is 1. The van der Waals surface area contributed by atoms with Crippen LogP contribution in [0.15, 0.2) is 183 Å². The van der Waals surface area contributed by atoms with E-state index in [1.54, 1.807) is 146 Å². The van der Waals surface area contributed by atoms with Crippen LogP contribution in [0.4, 0.5) is 75.8 Å². The number of nitro benzene ring substituents is 1. The first-order valence-corrected chi connectivity index (χ1v) is 31.7. The van der Waals surface area contributed by atoms with Crippen molar-refractivity contribution < 1.29 is 33.2 Å². The van der Waals surface area contributed by atoms with E-state index in [0.717, 1.165) is 27.8 Å². The monoisotopic (exact) mass is 1410 g/mol. The van der Waals surface area contributed by atoms with Gasteiger partial charge in [-0.2, -0.15) is 39.9 Å². The Hall–Kier alpha value is -14.7. The Morgan fingerprint density at radius 1 is 0.400 bits per heavy atom. The summed E-state index contributed by atoms with van der Waals surface area (Å²) in [6, 6.07) is 40.9. The fourth-order valence-electron chi connectivity index (χ4n) is 9.51. The summed E-state index contributed by atoms with van der Waals surface area (Å²) >= 11 is 0. The van der Waals surface area contributed by atoms with Crippen molar-refractivity contribution in [1.82, 2.24) is 84.3 Å². The molecule has 0 saturated carbocycles. The number of hydrogen-bond donors (Lipinski definition) is 8. The van der Waals surface area contributed by atoms with E-state index < -0.39 is 34.9 Å². The van der Waals surface area contributed by atoms with Gasteiger partial charge in [0.2, 0.25) is 23.8 Å². The van der Waals surface area contributed by atoms with Crippen LogP contribution in [0.1, 0.15) is 40.0 Å². The third kappa shape index (κ3) is 20.7. The molecule has 0 atom stereocenters. The minimum atomic E-state index is -0.629. The average molecular weight is 1410 g/mol. The summed E-state index contributed by atoms with van der Waals surface area (Å²) < 4.78 is 20.5. The Labute approximate surface area is 597 Å². The normalized spacial score (nSPS) is 10.4. The molecule has 105 heavy (non-hydrogen) atoms. The third-order valence-electron chi connectivity index (χ3n) is 14.5. The van der Waals surface area contributed by atoms with E-state index in [4.69, 9.17) is 4.74 Å².